The lowest BCUT2D eigenvalue weighted by Crippen LogP contribution is -2.24. The van der Waals surface area contributed by atoms with E-state index in [1.165, 1.54) is 0 Å². The second kappa shape index (κ2) is 7.17. The second-order valence-electron chi connectivity index (χ2n) is 4.54. The minimum Gasteiger partial charge on any atom is -0.347 e. The van der Waals surface area contributed by atoms with Crippen molar-refractivity contribution in [3.63, 3.8) is 0 Å². The Labute approximate surface area is 123 Å². The molecule has 5 heteroatoms. The van der Waals surface area contributed by atoms with Crippen molar-refractivity contribution >= 4 is 17.2 Å². The number of thiazole rings is 1. The molecular formula is C15H19N3OS. The number of aryl methyl sites for hydroxylation is 1. The predicted molar refractivity (Wildman–Crippen MR) is 82.1 cm³/mol. The molecule has 0 aliphatic heterocycles. The van der Waals surface area contributed by atoms with Gasteiger partial charge in [-0.05, 0) is 38.6 Å². The second-order valence-corrected chi connectivity index (χ2v) is 5.86. The number of hydrogen-bond acceptors (Lipinski definition) is 4. The summed E-state index contributed by atoms with van der Waals surface area (Å²) in [7, 11) is 1.91. The van der Waals surface area contributed by atoms with Crippen molar-refractivity contribution in [3.05, 3.63) is 51.5 Å². The van der Waals surface area contributed by atoms with Crippen LogP contribution in [0.1, 0.15) is 25.8 Å². The number of likely N-dealkylation sites (N-methyl/N-ethyl adjacent to an activating group) is 1. The number of carbonyl (C=O) groups is 1. The fraction of sp³-hybridized carbons (Fsp3) is 0.333. The summed E-state index contributed by atoms with van der Waals surface area (Å²) in [5.74, 6) is -0.0252. The van der Waals surface area contributed by atoms with Gasteiger partial charge in [-0.3, -0.25) is 4.79 Å². The highest BCUT2D eigenvalue weighted by Crippen LogP contribution is 2.13. The molecule has 2 N–H and O–H groups in total. The maximum absolute atomic E-state index is 12.3. The topological polar surface area (TPSA) is 54.0 Å². The summed E-state index contributed by atoms with van der Waals surface area (Å²) in [4.78, 5) is 17.5. The summed E-state index contributed by atoms with van der Waals surface area (Å²) in [6.45, 7) is 3.35. The average molecular weight is 289 g/mol. The number of amides is 1. The van der Waals surface area contributed by atoms with Crippen LogP contribution in [0.4, 0.5) is 0 Å². The summed E-state index contributed by atoms with van der Waals surface area (Å²) in [5, 5.41) is 7.08. The predicted octanol–water partition coefficient (Wildman–Crippen LogP) is 2.14. The average Bonchev–Trinajstić information content (AvgIpc) is 2.88. The third-order valence-electron chi connectivity index (χ3n) is 3.00. The van der Waals surface area contributed by atoms with Gasteiger partial charge in [-0.1, -0.05) is 18.2 Å². The molecule has 0 aliphatic rings. The third-order valence-corrected chi connectivity index (χ3v) is 3.91. The highest BCUT2D eigenvalue weighted by atomic mass is 32.1. The van der Waals surface area contributed by atoms with Gasteiger partial charge in [0.1, 0.15) is 0 Å². The quantitative estimate of drug-likeness (QED) is 0.856. The van der Waals surface area contributed by atoms with Crippen LogP contribution in [0.5, 0.6) is 0 Å². The van der Waals surface area contributed by atoms with Crippen molar-refractivity contribution in [1.82, 2.24) is 15.6 Å². The Hall–Kier alpha value is -1.72. The lowest BCUT2D eigenvalue weighted by Gasteiger charge is -2.09. The number of carbonyl (C=O) groups excluding carboxylic acids is 1. The van der Waals surface area contributed by atoms with Gasteiger partial charge in [0.05, 0.1) is 11.6 Å². The van der Waals surface area contributed by atoms with E-state index in [0.29, 0.717) is 6.54 Å². The fourth-order valence-corrected chi connectivity index (χ4v) is 2.70. The highest BCUT2D eigenvalue weighted by molar-refractivity contribution is 7.11. The van der Waals surface area contributed by atoms with Crippen LogP contribution >= 0.6 is 11.3 Å². The summed E-state index contributed by atoms with van der Waals surface area (Å²) in [6.07, 6.45) is 2.66. The first-order valence-electron chi connectivity index (χ1n) is 6.62. The van der Waals surface area contributed by atoms with Crippen LogP contribution in [-0.4, -0.2) is 24.5 Å². The van der Waals surface area contributed by atoms with Gasteiger partial charge in [-0.15, -0.1) is 11.3 Å². The monoisotopic (exact) mass is 289 g/mol. The molecule has 0 spiro atoms. The Morgan fingerprint density at radius 3 is 2.85 bits per heavy atom. The zero-order valence-corrected chi connectivity index (χ0v) is 12.6. The summed E-state index contributed by atoms with van der Waals surface area (Å²) in [6, 6.07) is 7.74. The Balaban J connectivity index is 2.01. The number of aromatic nitrogens is 1. The van der Waals surface area contributed by atoms with Crippen molar-refractivity contribution in [2.45, 2.75) is 19.9 Å². The smallest absolute Gasteiger partial charge is 0.251 e. The van der Waals surface area contributed by atoms with E-state index >= 15 is 0 Å². The van der Waals surface area contributed by atoms with Crippen LogP contribution in [0.25, 0.3) is 0 Å². The Morgan fingerprint density at radius 1 is 1.35 bits per heavy atom. The van der Waals surface area contributed by atoms with Gasteiger partial charge in [-0.25, -0.2) is 4.98 Å². The molecule has 0 saturated carbocycles. The molecule has 0 atom stereocenters. The van der Waals surface area contributed by atoms with Gasteiger partial charge in [0.15, 0.2) is 0 Å². The minimum atomic E-state index is -0.0252. The Bertz CT molecular complexity index is 580. The van der Waals surface area contributed by atoms with Crippen molar-refractivity contribution in [2.24, 2.45) is 0 Å². The van der Waals surface area contributed by atoms with Crippen LogP contribution in [0.15, 0.2) is 30.5 Å². The van der Waals surface area contributed by atoms with Crippen molar-refractivity contribution in [3.8, 4) is 0 Å². The molecule has 20 heavy (non-hydrogen) atoms. The number of hydrogen-bond donors (Lipinski definition) is 2. The molecular weight excluding hydrogens is 270 g/mol. The number of nitrogens with zero attached hydrogens (tertiary/aromatic N) is 1. The first-order chi connectivity index (χ1) is 9.70. The number of benzene rings is 1. The normalized spacial score (nSPS) is 10.5. The molecule has 0 saturated heterocycles. The van der Waals surface area contributed by atoms with E-state index in [0.717, 1.165) is 34.0 Å². The molecule has 2 rings (SSSR count). The SMILES string of the molecule is CNCCc1ccccc1C(=O)NCc1cnc(C)s1. The molecule has 1 aromatic carbocycles. The molecule has 0 radical (unpaired) electrons. The van der Waals surface area contributed by atoms with Crippen molar-refractivity contribution in [2.75, 3.05) is 13.6 Å². The van der Waals surface area contributed by atoms with Crippen LogP contribution < -0.4 is 10.6 Å². The summed E-state index contributed by atoms with van der Waals surface area (Å²) < 4.78 is 0. The van der Waals surface area contributed by atoms with Gasteiger partial charge in [0.2, 0.25) is 0 Å². The van der Waals surface area contributed by atoms with Gasteiger partial charge in [0.25, 0.3) is 5.91 Å². The van der Waals surface area contributed by atoms with E-state index in [1.807, 2.05) is 44.4 Å². The largest absolute Gasteiger partial charge is 0.347 e. The molecule has 106 valence electrons. The molecule has 0 bridgehead atoms. The van der Waals surface area contributed by atoms with E-state index in [4.69, 9.17) is 0 Å². The maximum Gasteiger partial charge on any atom is 0.251 e. The lowest BCUT2D eigenvalue weighted by molar-refractivity contribution is 0.0950. The first-order valence-corrected chi connectivity index (χ1v) is 7.44. The maximum atomic E-state index is 12.3. The van der Waals surface area contributed by atoms with E-state index in [1.54, 1.807) is 11.3 Å². The molecule has 4 nitrogen and oxygen atoms in total. The minimum absolute atomic E-state index is 0.0252. The fourth-order valence-electron chi connectivity index (χ4n) is 1.97. The molecule has 1 heterocycles. The molecule has 1 aromatic heterocycles. The molecule has 0 fully saturated rings. The first kappa shape index (κ1) is 14.7. The number of nitrogens with one attached hydrogen (secondary N) is 2. The van der Waals surface area contributed by atoms with Crippen molar-refractivity contribution < 1.29 is 4.79 Å². The molecule has 2 aromatic rings. The van der Waals surface area contributed by atoms with E-state index < -0.39 is 0 Å². The highest BCUT2D eigenvalue weighted by Gasteiger charge is 2.10. The molecule has 0 unspecified atom stereocenters. The van der Waals surface area contributed by atoms with E-state index in [9.17, 15) is 4.79 Å². The van der Waals surface area contributed by atoms with Gasteiger partial charge in [0, 0.05) is 16.6 Å². The zero-order chi connectivity index (χ0) is 14.4. The van der Waals surface area contributed by atoms with Gasteiger partial charge in [-0.2, -0.15) is 0 Å². The van der Waals surface area contributed by atoms with Crippen LogP contribution in [-0.2, 0) is 13.0 Å². The zero-order valence-electron chi connectivity index (χ0n) is 11.8. The standard InChI is InChI=1S/C15H19N3OS/c1-11-17-9-13(20-11)10-18-15(19)14-6-4-3-5-12(14)7-8-16-2/h3-6,9,16H,7-8,10H2,1-2H3,(H,18,19). The summed E-state index contributed by atoms with van der Waals surface area (Å²) in [5.41, 5.74) is 1.82. The van der Waals surface area contributed by atoms with E-state index in [2.05, 4.69) is 15.6 Å². The van der Waals surface area contributed by atoms with E-state index in [-0.39, 0.29) is 5.91 Å². The molecule has 0 aliphatic carbocycles. The molecule has 1 amide bonds. The summed E-state index contributed by atoms with van der Waals surface area (Å²) >= 11 is 1.61. The van der Waals surface area contributed by atoms with Crippen LogP contribution in [0.2, 0.25) is 0 Å². The Morgan fingerprint density at radius 2 is 2.15 bits per heavy atom. The third kappa shape index (κ3) is 3.88. The lowest BCUT2D eigenvalue weighted by atomic mass is 10.0. The van der Waals surface area contributed by atoms with Gasteiger partial charge < -0.3 is 10.6 Å². The van der Waals surface area contributed by atoms with Crippen LogP contribution in [0.3, 0.4) is 0 Å². The van der Waals surface area contributed by atoms with Crippen LogP contribution in [0, 0.1) is 6.92 Å². The number of rotatable bonds is 6. The van der Waals surface area contributed by atoms with Crippen molar-refractivity contribution in [1.29, 1.82) is 0 Å². The van der Waals surface area contributed by atoms with Gasteiger partial charge >= 0.3 is 0 Å². The Kier molecular flexibility index (Phi) is 5.26.